The summed E-state index contributed by atoms with van der Waals surface area (Å²) in [5, 5.41) is 14.2. The Morgan fingerprint density at radius 3 is 2.35 bits per heavy atom. The van der Waals surface area contributed by atoms with Gasteiger partial charge in [-0.1, -0.05) is 6.07 Å². The Balaban J connectivity index is 1.95. The molecule has 0 bridgehead atoms. The van der Waals surface area contributed by atoms with Crippen LogP contribution in [0, 0.1) is 0 Å². The number of ether oxygens (including phenoxy) is 1. The number of nitrogens with one attached hydrogen (secondary N) is 2. The number of hydrogen-bond donors (Lipinski definition) is 3. The van der Waals surface area contributed by atoms with Crippen LogP contribution in [0.2, 0.25) is 0 Å². The fourth-order valence-corrected chi connectivity index (χ4v) is 1.66. The van der Waals surface area contributed by atoms with Crippen LogP contribution in [0.15, 0.2) is 48.7 Å². The van der Waals surface area contributed by atoms with E-state index in [1.165, 1.54) is 13.8 Å². The van der Waals surface area contributed by atoms with Crippen LogP contribution in [-0.2, 0) is 4.79 Å². The van der Waals surface area contributed by atoms with Crippen molar-refractivity contribution < 1.29 is 19.4 Å². The molecule has 1 aromatic heterocycles. The number of benzene rings is 1. The summed E-state index contributed by atoms with van der Waals surface area (Å²) in [4.78, 5) is 26.8. The molecule has 7 heteroatoms. The van der Waals surface area contributed by atoms with E-state index in [2.05, 4.69) is 15.6 Å². The van der Waals surface area contributed by atoms with Crippen LogP contribution in [0.1, 0.15) is 13.8 Å². The van der Waals surface area contributed by atoms with E-state index >= 15 is 0 Å². The summed E-state index contributed by atoms with van der Waals surface area (Å²) in [7, 11) is 0. The Bertz CT molecular complexity index is 684. The number of anilines is 2. The van der Waals surface area contributed by atoms with Crippen LogP contribution < -0.4 is 15.4 Å². The lowest BCUT2D eigenvalue weighted by Gasteiger charge is -2.21. The predicted molar refractivity (Wildman–Crippen MR) is 85.7 cm³/mol. The third-order valence-electron chi connectivity index (χ3n) is 2.91. The number of urea groups is 1. The van der Waals surface area contributed by atoms with Crippen LogP contribution in [-0.4, -0.2) is 27.7 Å². The Hall–Kier alpha value is -3.09. The number of amides is 2. The number of nitrogens with zero attached hydrogens (tertiary/aromatic N) is 1. The zero-order valence-electron chi connectivity index (χ0n) is 12.7. The van der Waals surface area contributed by atoms with E-state index in [0.29, 0.717) is 17.3 Å². The number of aromatic nitrogens is 1. The van der Waals surface area contributed by atoms with E-state index in [9.17, 15) is 9.59 Å². The smallest absolute Gasteiger partial charge is 0.347 e. The van der Waals surface area contributed by atoms with Gasteiger partial charge < -0.3 is 15.2 Å². The zero-order valence-corrected chi connectivity index (χ0v) is 12.7. The summed E-state index contributed by atoms with van der Waals surface area (Å²) < 4.78 is 5.38. The quantitative estimate of drug-likeness (QED) is 0.787. The van der Waals surface area contributed by atoms with E-state index in [4.69, 9.17) is 9.84 Å². The van der Waals surface area contributed by atoms with E-state index < -0.39 is 17.6 Å². The highest BCUT2D eigenvalue weighted by molar-refractivity contribution is 5.99. The van der Waals surface area contributed by atoms with Crippen LogP contribution in [0.3, 0.4) is 0 Å². The van der Waals surface area contributed by atoms with Gasteiger partial charge in [-0.05, 0) is 50.2 Å². The van der Waals surface area contributed by atoms with Crippen molar-refractivity contribution in [2.24, 2.45) is 0 Å². The van der Waals surface area contributed by atoms with E-state index in [0.717, 1.165) is 0 Å². The molecule has 0 unspecified atom stereocenters. The molecule has 0 radical (unpaired) electrons. The van der Waals surface area contributed by atoms with Crippen LogP contribution in [0.4, 0.5) is 16.3 Å². The van der Waals surface area contributed by atoms with Gasteiger partial charge in [0.05, 0.1) is 0 Å². The molecule has 2 amide bonds. The topological polar surface area (TPSA) is 101 Å². The van der Waals surface area contributed by atoms with Crippen LogP contribution in [0.25, 0.3) is 0 Å². The summed E-state index contributed by atoms with van der Waals surface area (Å²) in [5.74, 6) is -0.226. The number of aliphatic carboxylic acids is 1. The molecule has 0 spiro atoms. The molecule has 0 fully saturated rings. The summed E-state index contributed by atoms with van der Waals surface area (Å²) in [6.45, 7) is 2.92. The Morgan fingerprint density at radius 2 is 1.78 bits per heavy atom. The van der Waals surface area contributed by atoms with Crippen molar-refractivity contribution in [3.63, 3.8) is 0 Å². The summed E-state index contributed by atoms with van der Waals surface area (Å²) >= 11 is 0. The molecule has 7 nitrogen and oxygen atoms in total. The van der Waals surface area contributed by atoms with Gasteiger partial charge in [-0.15, -0.1) is 0 Å². The van der Waals surface area contributed by atoms with Crippen LogP contribution >= 0.6 is 0 Å². The van der Waals surface area contributed by atoms with Gasteiger partial charge in [-0.2, -0.15) is 0 Å². The first-order valence-corrected chi connectivity index (χ1v) is 6.88. The predicted octanol–water partition coefficient (Wildman–Crippen LogP) is 2.97. The van der Waals surface area contributed by atoms with Gasteiger partial charge in [-0.3, -0.25) is 5.32 Å². The SMILES string of the molecule is CC(C)(Oc1ccc(NC(=O)Nc2ccccn2)cc1)C(=O)O. The largest absolute Gasteiger partial charge is 0.478 e. The molecule has 120 valence electrons. The molecule has 1 aromatic carbocycles. The standard InChI is InChI=1S/C16H17N3O4/c1-16(2,14(20)21)23-12-8-6-11(7-9-12)18-15(22)19-13-5-3-4-10-17-13/h3-10H,1-2H3,(H,20,21)(H2,17,18,19,22). The molecule has 23 heavy (non-hydrogen) atoms. The zero-order chi connectivity index (χ0) is 16.9. The number of hydrogen-bond acceptors (Lipinski definition) is 4. The maximum absolute atomic E-state index is 11.8. The fourth-order valence-electron chi connectivity index (χ4n) is 1.66. The minimum absolute atomic E-state index is 0.396. The molecule has 1 heterocycles. The highest BCUT2D eigenvalue weighted by atomic mass is 16.5. The molecule has 2 aromatic rings. The minimum atomic E-state index is -1.33. The van der Waals surface area contributed by atoms with E-state index in [1.54, 1.807) is 48.7 Å². The van der Waals surface area contributed by atoms with Gasteiger partial charge in [0.2, 0.25) is 0 Å². The van der Waals surface area contributed by atoms with Gasteiger partial charge >= 0.3 is 12.0 Å². The van der Waals surface area contributed by atoms with Gasteiger partial charge in [0.25, 0.3) is 0 Å². The van der Waals surface area contributed by atoms with Gasteiger partial charge in [-0.25, -0.2) is 14.6 Å². The molecule has 0 aliphatic carbocycles. The third kappa shape index (κ3) is 4.70. The van der Waals surface area contributed by atoms with E-state index in [1.807, 2.05) is 0 Å². The first-order chi connectivity index (χ1) is 10.9. The summed E-state index contributed by atoms with van der Waals surface area (Å²) in [5.41, 5.74) is -0.787. The van der Waals surface area contributed by atoms with Crippen molar-refractivity contribution in [3.05, 3.63) is 48.7 Å². The minimum Gasteiger partial charge on any atom is -0.478 e. The lowest BCUT2D eigenvalue weighted by molar-refractivity contribution is -0.152. The van der Waals surface area contributed by atoms with Crippen molar-refractivity contribution >= 4 is 23.5 Å². The van der Waals surface area contributed by atoms with Crippen LogP contribution in [0.5, 0.6) is 5.75 Å². The maximum Gasteiger partial charge on any atom is 0.347 e. The normalized spacial score (nSPS) is 10.7. The second-order valence-electron chi connectivity index (χ2n) is 5.24. The van der Waals surface area contributed by atoms with Crippen molar-refractivity contribution in [2.75, 3.05) is 10.6 Å². The highest BCUT2D eigenvalue weighted by Crippen LogP contribution is 2.21. The third-order valence-corrected chi connectivity index (χ3v) is 2.91. The molecule has 0 aliphatic rings. The molecule has 3 N–H and O–H groups in total. The fraction of sp³-hybridized carbons (Fsp3) is 0.188. The summed E-state index contributed by atoms with van der Waals surface area (Å²) in [6.07, 6.45) is 1.58. The molecule has 0 aliphatic heterocycles. The number of carboxylic acid groups (broad SMARTS) is 1. The number of pyridine rings is 1. The van der Waals surface area contributed by atoms with Gasteiger partial charge in [0.15, 0.2) is 5.60 Å². The van der Waals surface area contributed by atoms with Crippen molar-refractivity contribution in [1.29, 1.82) is 0 Å². The number of carboxylic acids is 1. The molecule has 2 rings (SSSR count). The Kier molecular flexibility index (Phi) is 4.80. The second-order valence-corrected chi connectivity index (χ2v) is 5.24. The number of carbonyl (C=O) groups is 2. The second kappa shape index (κ2) is 6.78. The summed E-state index contributed by atoms with van der Waals surface area (Å²) in [6, 6.07) is 11.2. The Morgan fingerprint density at radius 1 is 1.09 bits per heavy atom. The van der Waals surface area contributed by atoms with E-state index in [-0.39, 0.29) is 0 Å². The molecule has 0 saturated heterocycles. The molecule has 0 atom stereocenters. The first kappa shape index (κ1) is 16.3. The molecular weight excluding hydrogens is 298 g/mol. The lowest BCUT2D eigenvalue weighted by Crippen LogP contribution is -2.37. The van der Waals surface area contributed by atoms with Crippen molar-refractivity contribution in [1.82, 2.24) is 4.98 Å². The average molecular weight is 315 g/mol. The van der Waals surface area contributed by atoms with Gasteiger partial charge in [0.1, 0.15) is 11.6 Å². The Labute approximate surface area is 133 Å². The first-order valence-electron chi connectivity index (χ1n) is 6.88. The maximum atomic E-state index is 11.8. The monoisotopic (exact) mass is 315 g/mol. The highest BCUT2D eigenvalue weighted by Gasteiger charge is 2.29. The molecule has 0 saturated carbocycles. The lowest BCUT2D eigenvalue weighted by atomic mass is 10.1. The van der Waals surface area contributed by atoms with Gasteiger partial charge in [0, 0.05) is 11.9 Å². The van der Waals surface area contributed by atoms with Crippen molar-refractivity contribution in [3.8, 4) is 5.75 Å². The molecular formula is C16H17N3O4. The number of rotatable bonds is 5. The average Bonchev–Trinajstić information content (AvgIpc) is 2.50. The number of carbonyl (C=O) groups excluding carboxylic acids is 1. The van der Waals surface area contributed by atoms with Crippen molar-refractivity contribution in [2.45, 2.75) is 19.4 Å².